The van der Waals surface area contributed by atoms with Crippen molar-refractivity contribution in [3.63, 3.8) is 0 Å². The van der Waals surface area contributed by atoms with Crippen LogP contribution in [0.3, 0.4) is 0 Å². The van der Waals surface area contributed by atoms with Crippen LogP contribution in [0.4, 0.5) is 5.69 Å². The lowest BCUT2D eigenvalue weighted by Gasteiger charge is -2.32. The molecule has 0 saturated heterocycles. The van der Waals surface area contributed by atoms with E-state index in [0.717, 1.165) is 4.31 Å². The van der Waals surface area contributed by atoms with Gasteiger partial charge in [0, 0.05) is 33.2 Å². The minimum absolute atomic E-state index is 0.0516. The molecule has 1 N–H and O–H groups in total. The number of hydrogen-bond donors (Lipinski definition) is 1. The predicted molar refractivity (Wildman–Crippen MR) is 163 cm³/mol. The van der Waals surface area contributed by atoms with E-state index in [1.165, 1.54) is 60.5 Å². The zero-order valence-corrected chi connectivity index (χ0v) is 26.2. The molecule has 2 amide bonds. The molecule has 0 radical (unpaired) electrons. The van der Waals surface area contributed by atoms with Crippen molar-refractivity contribution in [3.05, 3.63) is 87.4 Å². The van der Waals surface area contributed by atoms with Crippen molar-refractivity contribution in [2.75, 3.05) is 18.0 Å². The molecule has 0 aliphatic heterocycles. The fraction of sp³-hybridized carbons (Fsp3) is 0.310. The lowest BCUT2D eigenvalue weighted by atomic mass is 10.1. The lowest BCUT2D eigenvalue weighted by Crippen LogP contribution is -2.52. The number of nitrogens with zero attached hydrogens (tertiary/aromatic N) is 2. The van der Waals surface area contributed by atoms with E-state index < -0.39 is 34.4 Å². The van der Waals surface area contributed by atoms with Crippen molar-refractivity contribution in [2.24, 2.45) is 0 Å². The average Bonchev–Trinajstić information content (AvgIpc) is 2.95. The Labute approximate surface area is 256 Å². The van der Waals surface area contributed by atoms with Gasteiger partial charge >= 0.3 is 0 Å². The number of methoxy groups -OCH3 is 1. The molecule has 3 rings (SSSR count). The molecule has 41 heavy (non-hydrogen) atoms. The molecule has 0 heterocycles. The van der Waals surface area contributed by atoms with Crippen molar-refractivity contribution in [1.29, 1.82) is 0 Å². The number of hydrogen-bond acceptors (Lipinski definition) is 5. The van der Waals surface area contributed by atoms with Crippen LogP contribution in [0.5, 0.6) is 5.75 Å². The number of nitrogens with one attached hydrogen (secondary N) is 1. The number of carbonyl (C=O) groups is 2. The van der Waals surface area contributed by atoms with E-state index in [9.17, 15) is 18.0 Å². The third-order valence-corrected chi connectivity index (χ3v) is 9.35. The number of rotatable bonds is 12. The van der Waals surface area contributed by atoms with Gasteiger partial charge in [0.15, 0.2) is 0 Å². The van der Waals surface area contributed by atoms with Gasteiger partial charge in [0.2, 0.25) is 11.8 Å². The van der Waals surface area contributed by atoms with Gasteiger partial charge in [-0.2, -0.15) is 0 Å². The van der Waals surface area contributed by atoms with E-state index in [0.29, 0.717) is 32.8 Å². The first-order chi connectivity index (χ1) is 19.4. The summed E-state index contributed by atoms with van der Waals surface area (Å²) in [6.45, 7) is 4.62. The Kier molecular flexibility index (Phi) is 11.3. The number of halogens is 3. The molecule has 0 aliphatic carbocycles. The third-order valence-electron chi connectivity index (χ3n) is 6.60. The van der Waals surface area contributed by atoms with Gasteiger partial charge in [0.05, 0.1) is 17.7 Å². The summed E-state index contributed by atoms with van der Waals surface area (Å²) in [7, 11) is -2.77. The standard InChI is InChI=1S/C29H32Cl3N3O5S/c1-5-19(2)33-29(37)20(3)34(17-25-26(31)7-6-8-27(25)32)28(36)18-35(22-11-9-21(30)10-12-22)41(38,39)24-15-13-23(40-4)14-16-24/h6-16,19-20H,5,17-18H2,1-4H3,(H,33,37). The largest absolute Gasteiger partial charge is 0.497 e. The molecule has 3 aromatic carbocycles. The van der Waals surface area contributed by atoms with Crippen LogP contribution in [0.25, 0.3) is 0 Å². The van der Waals surface area contributed by atoms with Gasteiger partial charge in [-0.3, -0.25) is 13.9 Å². The minimum atomic E-state index is -4.24. The summed E-state index contributed by atoms with van der Waals surface area (Å²) >= 11 is 18.9. The second kappa shape index (κ2) is 14.3. The zero-order chi connectivity index (χ0) is 30.3. The van der Waals surface area contributed by atoms with Crippen molar-refractivity contribution < 1.29 is 22.7 Å². The molecule has 3 aromatic rings. The van der Waals surface area contributed by atoms with Gasteiger partial charge in [0.1, 0.15) is 18.3 Å². The van der Waals surface area contributed by atoms with Gasteiger partial charge < -0.3 is 15.0 Å². The van der Waals surface area contributed by atoms with E-state index in [4.69, 9.17) is 39.5 Å². The number of sulfonamides is 1. The number of anilines is 1. The van der Waals surface area contributed by atoms with Crippen molar-refractivity contribution >= 4 is 62.3 Å². The van der Waals surface area contributed by atoms with Crippen LogP contribution in [0.15, 0.2) is 71.6 Å². The Balaban J connectivity index is 2.06. The fourth-order valence-electron chi connectivity index (χ4n) is 3.91. The quantitative estimate of drug-likeness (QED) is 0.255. The van der Waals surface area contributed by atoms with Crippen LogP contribution in [-0.2, 0) is 26.2 Å². The Hall–Kier alpha value is -2.98. The number of amides is 2. The summed E-state index contributed by atoms with van der Waals surface area (Å²) in [5.74, 6) is -0.561. The van der Waals surface area contributed by atoms with Gasteiger partial charge in [0.25, 0.3) is 10.0 Å². The number of ether oxygens (including phenoxy) is 1. The number of carbonyl (C=O) groups excluding carboxylic acids is 2. The molecular weight excluding hydrogens is 609 g/mol. The average molecular weight is 641 g/mol. The minimum Gasteiger partial charge on any atom is -0.497 e. The predicted octanol–water partition coefficient (Wildman–Crippen LogP) is 6.18. The van der Waals surface area contributed by atoms with E-state index in [1.807, 2.05) is 13.8 Å². The summed E-state index contributed by atoms with van der Waals surface area (Å²) in [6, 6.07) is 15.7. The van der Waals surface area contributed by atoms with Gasteiger partial charge in [-0.1, -0.05) is 47.8 Å². The molecule has 2 unspecified atom stereocenters. The summed E-state index contributed by atoms with van der Waals surface area (Å²) in [5, 5.41) is 3.90. The summed E-state index contributed by atoms with van der Waals surface area (Å²) in [5.41, 5.74) is 0.648. The molecule has 2 atom stereocenters. The maximum atomic E-state index is 14.0. The summed E-state index contributed by atoms with van der Waals surface area (Å²) in [4.78, 5) is 28.4. The third kappa shape index (κ3) is 8.07. The monoisotopic (exact) mass is 639 g/mol. The first-order valence-corrected chi connectivity index (χ1v) is 15.4. The highest BCUT2D eigenvalue weighted by Gasteiger charge is 2.33. The molecular formula is C29H32Cl3N3O5S. The zero-order valence-electron chi connectivity index (χ0n) is 23.1. The maximum absolute atomic E-state index is 14.0. The Morgan fingerprint density at radius 1 is 0.927 bits per heavy atom. The topological polar surface area (TPSA) is 96.0 Å². The van der Waals surface area contributed by atoms with Gasteiger partial charge in [-0.05, 0) is 80.9 Å². The molecule has 0 saturated carbocycles. The first-order valence-electron chi connectivity index (χ1n) is 12.8. The molecule has 0 bridgehead atoms. The lowest BCUT2D eigenvalue weighted by molar-refractivity contribution is -0.139. The Morgan fingerprint density at radius 2 is 1.51 bits per heavy atom. The normalized spacial score (nSPS) is 12.8. The summed E-state index contributed by atoms with van der Waals surface area (Å²) in [6.07, 6.45) is 0.688. The van der Waals surface area contributed by atoms with Gasteiger partial charge in [-0.15, -0.1) is 0 Å². The Bertz CT molecular complexity index is 1450. The van der Waals surface area contributed by atoms with Crippen molar-refractivity contribution in [2.45, 2.75) is 50.7 Å². The highest BCUT2D eigenvalue weighted by molar-refractivity contribution is 7.92. The van der Waals surface area contributed by atoms with Crippen molar-refractivity contribution in [1.82, 2.24) is 10.2 Å². The molecule has 0 fully saturated rings. The van der Waals surface area contributed by atoms with Gasteiger partial charge in [-0.25, -0.2) is 8.42 Å². The number of benzene rings is 3. The smallest absolute Gasteiger partial charge is 0.264 e. The van der Waals surface area contributed by atoms with E-state index in [1.54, 1.807) is 25.1 Å². The molecule has 8 nitrogen and oxygen atoms in total. The first kappa shape index (κ1) is 32.5. The molecule has 12 heteroatoms. The van der Waals surface area contributed by atoms with Crippen LogP contribution in [0.1, 0.15) is 32.8 Å². The fourth-order valence-corrected chi connectivity index (χ4v) is 5.97. The van der Waals surface area contributed by atoms with Crippen LogP contribution in [-0.4, -0.2) is 50.9 Å². The second-order valence-electron chi connectivity index (χ2n) is 9.38. The highest BCUT2D eigenvalue weighted by atomic mass is 35.5. The van der Waals surface area contributed by atoms with Crippen LogP contribution in [0, 0.1) is 0 Å². The van der Waals surface area contributed by atoms with E-state index in [-0.39, 0.29) is 23.2 Å². The van der Waals surface area contributed by atoms with Crippen molar-refractivity contribution in [3.8, 4) is 5.75 Å². The second-order valence-corrected chi connectivity index (χ2v) is 12.5. The molecule has 0 aliphatic rings. The Morgan fingerprint density at radius 3 is 2.05 bits per heavy atom. The van der Waals surface area contributed by atoms with Crippen LogP contribution < -0.4 is 14.4 Å². The maximum Gasteiger partial charge on any atom is 0.264 e. The van der Waals surface area contributed by atoms with Crippen LogP contribution in [0.2, 0.25) is 15.1 Å². The molecule has 0 spiro atoms. The SMILES string of the molecule is CCC(C)NC(=O)C(C)N(Cc1c(Cl)cccc1Cl)C(=O)CN(c1ccc(Cl)cc1)S(=O)(=O)c1ccc(OC)cc1. The highest BCUT2D eigenvalue weighted by Crippen LogP contribution is 2.29. The van der Waals surface area contributed by atoms with Crippen LogP contribution >= 0.6 is 34.8 Å². The molecule has 0 aromatic heterocycles. The molecule has 220 valence electrons. The summed E-state index contributed by atoms with van der Waals surface area (Å²) < 4.78 is 33.9. The van der Waals surface area contributed by atoms with E-state index in [2.05, 4.69) is 5.32 Å². The van der Waals surface area contributed by atoms with E-state index >= 15 is 0 Å².